The molecule has 36 heavy (non-hydrogen) atoms. The highest BCUT2D eigenvalue weighted by Gasteiger charge is 2.32. The Hall–Kier alpha value is -2.14. The van der Waals surface area contributed by atoms with Gasteiger partial charge >= 0.3 is 12.1 Å². The molecule has 1 aromatic carbocycles. The number of likely N-dealkylation sites (tertiary alicyclic amines) is 1. The van der Waals surface area contributed by atoms with Gasteiger partial charge < -0.3 is 35.8 Å². The van der Waals surface area contributed by atoms with Crippen LogP contribution >= 0.6 is 11.6 Å². The quantitative estimate of drug-likeness (QED) is 0.342. The summed E-state index contributed by atoms with van der Waals surface area (Å²) in [6.07, 6.45) is 3.99. The van der Waals surface area contributed by atoms with Crippen molar-refractivity contribution in [1.82, 2.24) is 15.5 Å². The number of carboxylic acid groups (broad SMARTS) is 1. The molecule has 0 aliphatic carbocycles. The van der Waals surface area contributed by atoms with Gasteiger partial charge in [-0.25, -0.2) is 14.0 Å². The molecule has 11 heteroatoms. The summed E-state index contributed by atoms with van der Waals surface area (Å²) in [5.41, 5.74) is 6.86. The molecule has 0 radical (unpaired) electrons. The highest BCUT2D eigenvalue weighted by Crippen LogP contribution is 2.34. The number of nitrogens with zero attached hydrogens (tertiary/aromatic N) is 1. The van der Waals surface area contributed by atoms with E-state index in [1.165, 1.54) is 12.1 Å². The standard InChI is InChI=1S/C25H38ClFN4O5/c26-20-11-19(12-21(27)13-20)23(36-9-6-29-25(33)34)18-5-3-7-31(15-18)24(32)30-14-22(28)10-17-4-1-2-8-35-16-17/h11-13,17-18,22-23,29H,1-10,14-16,28H2,(H,30,32)(H,33,34)/t17-,18-,22+,23-/m1/s1. The van der Waals surface area contributed by atoms with Crippen molar-refractivity contribution in [1.29, 1.82) is 0 Å². The number of nitrogens with one attached hydrogen (secondary N) is 2. The van der Waals surface area contributed by atoms with E-state index in [-0.39, 0.29) is 36.2 Å². The molecule has 3 amide bonds. The first-order valence-corrected chi connectivity index (χ1v) is 13.1. The van der Waals surface area contributed by atoms with Gasteiger partial charge in [-0.1, -0.05) is 18.0 Å². The van der Waals surface area contributed by atoms with Crippen molar-refractivity contribution >= 4 is 23.7 Å². The third-order valence-corrected chi connectivity index (χ3v) is 6.94. The summed E-state index contributed by atoms with van der Waals surface area (Å²) in [6, 6.07) is 3.91. The van der Waals surface area contributed by atoms with Crippen LogP contribution in [0.5, 0.6) is 0 Å². The third kappa shape index (κ3) is 9.38. The number of amides is 3. The van der Waals surface area contributed by atoms with Crippen molar-refractivity contribution in [3.05, 3.63) is 34.6 Å². The fraction of sp³-hybridized carbons (Fsp3) is 0.680. The van der Waals surface area contributed by atoms with Crippen molar-refractivity contribution in [2.45, 2.75) is 50.7 Å². The maximum atomic E-state index is 14.1. The SMILES string of the molecule is N[C@H](CNC(=O)N1CCC[C@@H]([C@@H](OCCNC(=O)O)c2cc(F)cc(Cl)c2)C1)C[C@H]1CCCCOC1. The van der Waals surface area contributed by atoms with Crippen LogP contribution in [-0.2, 0) is 9.47 Å². The molecule has 2 aliphatic rings. The van der Waals surface area contributed by atoms with Gasteiger partial charge in [0.25, 0.3) is 0 Å². The lowest BCUT2D eigenvalue weighted by atomic mass is 9.88. The summed E-state index contributed by atoms with van der Waals surface area (Å²) in [5.74, 6) is -0.164. The smallest absolute Gasteiger partial charge is 0.404 e. The number of ether oxygens (including phenoxy) is 2. The fourth-order valence-electron chi connectivity index (χ4n) is 5.03. The first kappa shape index (κ1) is 28.4. The van der Waals surface area contributed by atoms with Crippen LogP contribution in [0.3, 0.4) is 0 Å². The Labute approximate surface area is 216 Å². The van der Waals surface area contributed by atoms with E-state index < -0.39 is 18.0 Å². The molecular formula is C25H38ClFN4O5. The van der Waals surface area contributed by atoms with Crippen molar-refractivity contribution in [3.63, 3.8) is 0 Å². The molecule has 2 aliphatic heterocycles. The Kier molecular flexibility index (Phi) is 11.5. The van der Waals surface area contributed by atoms with E-state index in [1.807, 2.05) is 0 Å². The van der Waals surface area contributed by atoms with Crippen LogP contribution in [0.15, 0.2) is 18.2 Å². The maximum Gasteiger partial charge on any atom is 0.404 e. The Balaban J connectivity index is 1.57. The molecule has 2 fully saturated rings. The van der Waals surface area contributed by atoms with E-state index in [2.05, 4.69) is 10.6 Å². The minimum Gasteiger partial charge on any atom is -0.465 e. The zero-order valence-electron chi connectivity index (χ0n) is 20.6. The van der Waals surface area contributed by atoms with E-state index in [1.54, 1.807) is 11.0 Å². The second-order valence-electron chi connectivity index (χ2n) is 9.69. The van der Waals surface area contributed by atoms with Gasteiger partial charge in [0.1, 0.15) is 5.82 Å². The number of nitrogens with two attached hydrogens (primary N) is 1. The summed E-state index contributed by atoms with van der Waals surface area (Å²) in [7, 11) is 0. The second-order valence-corrected chi connectivity index (χ2v) is 10.1. The molecule has 0 aromatic heterocycles. The highest BCUT2D eigenvalue weighted by molar-refractivity contribution is 6.30. The highest BCUT2D eigenvalue weighted by atomic mass is 35.5. The number of carbonyl (C=O) groups is 2. The van der Waals surface area contributed by atoms with Gasteiger partial charge in [-0.2, -0.15) is 0 Å². The van der Waals surface area contributed by atoms with Gasteiger partial charge in [0, 0.05) is 56.4 Å². The zero-order valence-corrected chi connectivity index (χ0v) is 21.4. The Morgan fingerprint density at radius 1 is 1.25 bits per heavy atom. The van der Waals surface area contributed by atoms with Gasteiger partial charge in [0.05, 0.1) is 12.7 Å². The van der Waals surface area contributed by atoms with E-state index in [0.29, 0.717) is 31.1 Å². The lowest BCUT2D eigenvalue weighted by Gasteiger charge is -2.37. The van der Waals surface area contributed by atoms with Gasteiger partial charge in [-0.3, -0.25) is 0 Å². The molecule has 3 rings (SSSR count). The Bertz CT molecular complexity index is 835. The molecule has 9 nitrogen and oxygen atoms in total. The normalized spacial score (nSPS) is 22.4. The average molecular weight is 529 g/mol. The molecule has 0 unspecified atom stereocenters. The van der Waals surface area contributed by atoms with Crippen molar-refractivity contribution < 1.29 is 28.6 Å². The number of benzene rings is 1. The monoisotopic (exact) mass is 528 g/mol. The summed E-state index contributed by atoms with van der Waals surface area (Å²) >= 11 is 6.08. The van der Waals surface area contributed by atoms with Crippen LogP contribution in [0, 0.1) is 17.7 Å². The topological polar surface area (TPSA) is 126 Å². The molecule has 0 saturated carbocycles. The first-order valence-electron chi connectivity index (χ1n) is 12.7. The van der Waals surface area contributed by atoms with Crippen LogP contribution < -0.4 is 16.4 Å². The van der Waals surface area contributed by atoms with Crippen LogP contribution in [0.4, 0.5) is 14.0 Å². The zero-order chi connectivity index (χ0) is 25.9. The van der Waals surface area contributed by atoms with Crippen LogP contribution in [0.1, 0.15) is 50.2 Å². The fourth-order valence-corrected chi connectivity index (χ4v) is 5.26. The Morgan fingerprint density at radius 3 is 2.86 bits per heavy atom. The summed E-state index contributed by atoms with van der Waals surface area (Å²) in [6.45, 7) is 3.14. The van der Waals surface area contributed by atoms with Crippen LogP contribution in [0.2, 0.25) is 5.02 Å². The number of hydrogen-bond acceptors (Lipinski definition) is 5. The van der Waals surface area contributed by atoms with Crippen LogP contribution in [0.25, 0.3) is 0 Å². The summed E-state index contributed by atoms with van der Waals surface area (Å²) in [4.78, 5) is 25.4. The lowest BCUT2D eigenvalue weighted by molar-refractivity contribution is -0.00850. The van der Waals surface area contributed by atoms with E-state index in [9.17, 15) is 14.0 Å². The van der Waals surface area contributed by atoms with Gasteiger partial charge in [-0.15, -0.1) is 0 Å². The number of urea groups is 1. The second kappa shape index (κ2) is 14.6. The summed E-state index contributed by atoms with van der Waals surface area (Å²) < 4.78 is 25.7. The molecule has 5 N–H and O–H groups in total. The molecule has 4 atom stereocenters. The van der Waals surface area contributed by atoms with E-state index in [4.69, 9.17) is 31.9 Å². The molecule has 2 heterocycles. The predicted octanol–water partition coefficient (Wildman–Crippen LogP) is 3.76. The largest absolute Gasteiger partial charge is 0.465 e. The van der Waals surface area contributed by atoms with E-state index >= 15 is 0 Å². The molecule has 1 aromatic rings. The number of rotatable bonds is 10. The van der Waals surface area contributed by atoms with E-state index in [0.717, 1.165) is 51.7 Å². The minimum absolute atomic E-state index is 0.0930. The Morgan fingerprint density at radius 2 is 2.08 bits per heavy atom. The molecule has 2 saturated heterocycles. The average Bonchev–Trinajstić information content (AvgIpc) is 3.10. The molecule has 0 bridgehead atoms. The third-order valence-electron chi connectivity index (χ3n) is 6.72. The summed E-state index contributed by atoms with van der Waals surface area (Å²) in [5, 5.41) is 14.3. The number of piperidine rings is 1. The lowest BCUT2D eigenvalue weighted by Crippen LogP contribution is -2.49. The van der Waals surface area contributed by atoms with Gasteiger partial charge in [-0.05, 0) is 61.8 Å². The number of hydrogen-bond donors (Lipinski definition) is 4. The first-order chi connectivity index (χ1) is 17.3. The molecule has 0 spiro atoms. The van der Waals surface area contributed by atoms with Gasteiger partial charge in [0.2, 0.25) is 0 Å². The van der Waals surface area contributed by atoms with Crippen LogP contribution in [-0.4, -0.2) is 74.2 Å². The van der Waals surface area contributed by atoms with Crippen molar-refractivity contribution in [3.8, 4) is 0 Å². The predicted molar refractivity (Wildman–Crippen MR) is 135 cm³/mol. The maximum absolute atomic E-state index is 14.1. The number of halogens is 2. The molecule has 202 valence electrons. The van der Waals surface area contributed by atoms with Gasteiger partial charge in [0.15, 0.2) is 0 Å². The number of carbonyl (C=O) groups excluding carboxylic acids is 1. The van der Waals surface area contributed by atoms with Crippen molar-refractivity contribution in [2.24, 2.45) is 17.6 Å². The minimum atomic E-state index is -1.14. The van der Waals surface area contributed by atoms with Crippen molar-refractivity contribution in [2.75, 3.05) is 46.0 Å². The molecular weight excluding hydrogens is 491 g/mol.